The minimum atomic E-state index is 0.348. The monoisotopic (exact) mass is 327 g/mol. The van der Waals surface area contributed by atoms with E-state index >= 15 is 0 Å². The van der Waals surface area contributed by atoms with Gasteiger partial charge in [-0.1, -0.05) is 17.7 Å². The molecule has 0 spiro atoms. The van der Waals surface area contributed by atoms with Crippen LogP contribution in [0.3, 0.4) is 0 Å². The van der Waals surface area contributed by atoms with Gasteiger partial charge in [0.1, 0.15) is 5.82 Å². The van der Waals surface area contributed by atoms with Crippen molar-refractivity contribution in [2.45, 2.75) is 6.92 Å². The summed E-state index contributed by atoms with van der Waals surface area (Å²) >= 11 is 9.45. The van der Waals surface area contributed by atoms with E-state index in [-0.39, 0.29) is 0 Å². The number of aromatic nitrogens is 2. The molecule has 0 saturated carbocycles. The van der Waals surface area contributed by atoms with E-state index < -0.39 is 0 Å². The molecule has 0 aliphatic heterocycles. The molecule has 1 aromatic heterocycles. The maximum Gasteiger partial charge on any atom is 0.239 e. The number of rotatable bonds is 3. The Kier molecular flexibility index (Phi) is 4.00. The Bertz CT molecular complexity index is 575. The number of aryl methyl sites for hydroxylation is 1. The number of nitrogens with one attached hydrogen (secondary N) is 2. The lowest BCUT2D eigenvalue weighted by Gasteiger charge is -2.11. The number of nitrogens with zero attached hydrogens (tertiary/aromatic N) is 2. The van der Waals surface area contributed by atoms with E-state index in [1.165, 1.54) is 0 Å². The first-order chi connectivity index (χ1) is 8.61. The van der Waals surface area contributed by atoms with Crippen molar-refractivity contribution < 1.29 is 0 Å². The molecule has 0 aliphatic rings. The summed E-state index contributed by atoms with van der Waals surface area (Å²) in [6, 6.07) is 5.55. The second-order valence-electron chi connectivity index (χ2n) is 3.60. The highest BCUT2D eigenvalue weighted by atomic mass is 79.9. The molecule has 0 atom stereocenters. The van der Waals surface area contributed by atoms with Crippen LogP contribution in [0.1, 0.15) is 5.56 Å². The van der Waals surface area contributed by atoms with Crippen molar-refractivity contribution in [3.63, 3.8) is 0 Å². The standard InChI is InChI=1S/C11H11BrClN5/c1-6-5-15-11(18-14)17-10(6)16-8-4-2-3-7(13)9(8)12/h2-5H,14H2,1H3,(H2,15,16,17,18). The molecule has 0 amide bonds. The fourth-order valence-electron chi connectivity index (χ4n) is 1.37. The summed E-state index contributed by atoms with van der Waals surface area (Å²) in [7, 11) is 0. The number of hydrazine groups is 1. The quantitative estimate of drug-likeness (QED) is 0.596. The van der Waals surface area contributed by atoms with Crippen LogP contribution in [0.25, 0.3) is 0 Å². The molecule has 4 N–H and O–H groups in total. The minimum absolute atomic E-state index is 0.348. The number of hydrogen-bond donors (Lipinski definition) is 3. The molecule has 0 bridgehead atoms. The summed E-state index contributed by atoms with van der Waals surface area (Å²) in [5.74, 6) is 6.30. The molecular formula is C11H11BrClN5. The predicted molar refractivity (Wildman–Crippen MR) is 77.0 cm³/mol. The van der Waals surface area contributed by atoms with Crippen LogP contribution < -0.4 is 16.6 Å². The summed E-state index contributed by atoms with van der Waals surface area (Å²) in [6.07, 6.45) is 1.68. The average molecular weight is 329 g/mol. The Morgan fingerprint density at radius 1 is 1.39 bits per heavy atom. The van der Waals surface area contributed by atoms with Crippen molar-refractivity contribution in [2.75, 3.05) is 10.7 Å². The van der Waals surface area contributed by atoms with Crippen LogP contribution in [0.4, 0.5) is 17.5 Å². The van der Waals surface area contributed by atoms with Gasteiger partial charge in [-0.2, -0.15) is 4.98 Å². The highest BCUT2D eigenvalue weighted by Gasteiger charge is 2.07. The lowest BCUT2D eigenvalue weighted by Crippen LogP contribution is -2.11. The molecule has 94 valence electrons. The molecule has 2 rings (SSSR count). The molecule has 0 saturated heterocycles. The van der Waals surface area contributed by atoms with Crippen molar-refractivity contribution in [3.8, 4) is 0 Å². The predicted octanol–water partition coefficient (Wildman–Crippen LogP) is 3.23. The van der Waals surface area contributed by atoms with Gasteiger partial charge in [0.05, 0.1) is 15.2 Å². The normalized spacial score (nSPS) is 10.2. The molecule has 1 aromatic carbocycles. The van der Waals surface area contributed by atoms with Crippen molar-refractivity contribution in [3.05, 3.63) is 39.5 Å². The Morgan fingerprint density at radius 2 is 2.17 bits per heavy atom. The third-order valence-electron chi connectivity index (χ3n) is 2.31. The SMILES string of the molecule is Cc1cnc(NN)nc1Nc1cccc(Cl)c1Br. The second-order valence-corrected chi connectivity index (χ2v) is 4.80. The molecule has 5 nitrogen and oxygen atoms in total. The van der Waals surface area contributed by atoms with Crippen molar-refractivity contribution in [1.29, 1.82) is 0 Å². The molecule has 0 aliphatic carbocycles. The van der Waals surface area contributed by atoms with Gasteiger partial charge in [-0.15, -0.1) is 0 Å². The van der Waals surface area contributed by atoms with Gasteiger partial charge in [0.2, 0.25) is 5.95 Å². The van der Waals surface area contributed by atoms with Gasteiger partial charge in [-0.05, 0) is 35.0 Å². The largest absolute Gasteiger partial charge is 0.339 e. The number of halogens is 2. The maximum absolute atomic E-state index is 6.03. The number of hydrogen-bond acceptors (Lipinski definition) is 5. The van der Waals surface area contributed by atoms with E-state index in [2.05, 4.69) is 36.6 Å². The van der Waals surface area contributed by atoms with Crippen LogP contribution in [0.15, 0.2) is 28.9 Å². The lowest BCUT2D eigenvalue weighted by molar-refractivity contribution is 1.09. The van der Waals surface area contributed by atoms with Gasteiger partial charge in [-0.25, -0.2) is 10.8 Å². The fraction of sp³-hybridized carbons (Fsp3) is 0.0909. The Balaban J connectivity index is 2.36. The first-order valence-corrected chi connectivity index (χ1v) is 6.30. The second kappa shape index (κ2) is 5.51. The third-order valence-corrected chi connectivity index (χ3v) is 3.70. The number of anilines is 3. The molecular weight excluding hydrogens is 318 g/mol. The molecule has 0 radical (unpaired) electrons. The maximum atomic E-state index is 6.03. The van der Waals surface area contributed by atoms with Gasteiger partial charge in [0.15, 0.2) is 0 Å². The van der Waals surface area contributed by atoms with Crippen LogP contribution in [0.5, 0.6) is 0 Å². The first kappa shape index (κ1) is 13.1. The van der Waals surface area contributed by atoms with Gasteiger partial charge >= 0.3 is 0 Å². The van der Waals surface area contributed by atoms with Crippen LogP contribution >= 0.6 is 27.5 Å². The molecule has 0 fully saturated rings. The number of benzene rings is 1. The van der Waals surface area contributed by atoms with Crippen LogP contribution in [0, 0.1) is 6.92 Å². The molecule has 1 heterocycles. The van der Waals surface area contributed by atoms with Crippen molar-refractivity contribution >= 4 is 45.0 Å². The zero-order valence-electron chi connectivity index (χ0n) is 9.54. The molecule has 2 aromatic rings. The van der Waals surface area contributed by atoms with Crippen molar-refractivity contribution in [1.82, 2.24) is 9.97 Å². The summed E-state index contributed by atoms with van der Waals surface area (Å²) in [4.78, 5) is 8.25. The molecule has 0 unspecified atom stereocenters. The Hall–Kier alpha value is -1.37. The van der Waals surface area contributed by atoms with Crippen LogP contribution in [0.2, 0.25) is 5.02 Å². The average Bonchev–Trinajstić information content (AvgIpc) is 2.37. The smallest absolute Gasteiger partial charge is 0.239 e. The highest BCUT2D eigenvalue weighted by Crippen LogP contribution is 2.32. The minimum Gasteiger partial charge on any atom is -0.339 e. The first-order valence-electron chi connectivity index (χ1n) is 5.13. The topological polar surface area (TPSA) is 75.9 Å². The zero-order valence-corrected chi connectivity index (χ0v) is 11.9. The summed E-state index contributed by atoms with van der Waals surface area (Å²) in [5, 5.41) is 3.81. The van der Waals surface area contributed by atoms with Crippen LogP contribution in [-0.2, 0) is 0 Å². The number of nitrogen functional groups attached to an aromatic ring is 1. The molecule has 18 heavy (non-hydrogen) atoms. The Labute approximate surface area is 118 Å². The summed E-state index contributed by atoms with van der Waals surface area (Å²) in [5.41, 5.74) is 4.14. The number of nitrogens with two attached hydrogens (primary N) is 1. The fourth-order valence-corrected chi connectivity index (χ4v) is 1.90. The van der Waals surface area contributed by atoms with E-state index in [4.69, 9.17) is 17.4 Å². The van der Waals surface area contributed by atoms with E-state index in [9.17, 15) is 0 Å². The van der Waals surface area contributed by atoms with Gasteiger partial charge in [0.25, 0.3) is 0 Å². The van der Waals surface area contributed by atoms with E-state index in [1.807, 2.05) is 19.1 Å². The zero-order chi connectivity index (χ0) is 13.1. The van der Waals surface area contributed by atoms with Gasteiger partial charge in [-0.3, -0.25) is 5.43 Å². The van der Waals surface area contributed by atoms with Gasteiger partial charge < -0.3 is 5.32 Å². The van der Waals surface area contributed by atoms with Crippen LogP contribution in [-0.4, -0.2) is 9.97 Å². The Morgan fingerprint density at radius 3 is 2.89 bits per heavy atom. The van der Waals surface area contributed by atoms with E-state index in [1.54, 1.807) is 12.3 Å². The van der Waals surface area contributed by atoms with Crippen molar-refractivity contribution in [2.24, 2.45) is 5.84 Å². The van der Waals surface area contributed by atoms with Gasteiger partial charge in [0, 0.05) is 11.8 Å². The van der Waals surface area contributed by atoms with E-state index in [0.717, 1.165) is 15.7 Å². The summed E-state index contributed by atoms with van der Waals surface area (Å²) in [6.45, 7) is 1.90. The third kappa shape index (κ3) is 2.72. The summed E-state index contributed by atoms with van der Waals surface area (Å²) < 4.78 is 0.784. The lowest BCUT2D eigenvalue weighted by atomic mass is 10.3. The highest BCUT2D eigenvalue weighted by molar-refractivity contribution is 9.10. The molecule has 7 heteroatoms. The van der Waals surface area contributed by atoms with E-state index in [0.29, 0.717) is 16.8 Å².